The average molecular weight is 310 g/mol. The van der Waals surface area contributed by atoms with Crippen molar-refractivity contribution in [1.29, 1.82) is 0 Å². The molecule has 0 spiro atoms. The summed E-state index contributed by atoms with van der Waals surface area (Å²) < 4.78 is 5.45. The van der Waals surface area contributed by atoms with Gasteiger partial charge >= 0.3 is 6.09 Å². The Bertz CT molecular complexity index is 395. The zero-order valence-corrected chi connectivity index (χ0v) is 14.3. The Morgan fingerprint density at radius 3 is 2.09 bits per heavy atom. The molecule has 2 aliphatic heterocycles. The first-order chi connectivity index (χ1) is 10.4. The highest BCUT2D eigenvalue weighted by molar-refractivity contribution is 5.86. The van der Waals surface area contributed by atoms with E-state index in [1.54, 1.807) is 4.90 Å². The lowest BCUT2D eigenvalue weighted by atomic mass is 10.1. The first-order valence-corrected chi connectivity index (χ1v) is 8.67. The predicted molar refractivity (Wildman–Crippen MR) is 85.6 cm³/mol. The molecule has 2 aliphatic rings. The van der Waals surface area contributed by atoms with Gasteiger partial charge in [-0.25, -0.2) is 4.79 Å². The van der Waals surface area contributed by atoms with Crippen LogP contribution in [0.3, 0.4) is 0 Å². The van der Waals surface area contributed by atoms with Crippen LogP contribution < -0.4 is 0 Å². The third-order valence-corrected chi connectivity index (χ3v) is 4.33. The molecule has 2 fully saturated rings. The van der Waals surface area contributed by atoms with Crippen molar-refractivity contribution in [2.45, 2.75) is 77.4 Å². The van der Waals surface area contributed by atoms with Gasteiger partial charge in [0.25, 0.3) is 0 Å². The first-order valence-electron chi connectivity index (χ1n) is 8.67. The van der Waals surface area contributed by atoms with Crippen molar-refractivity contribution in [3.63, 3.8) is 0 Å². The van der Waals surface area contributed by atoms with E-state index in [-0.39, 0.29) is 18.0 Å². The summed E-state index contributed by atoms with van der Waals surface area (Å²) in [4.78, 5) is 28.7. The van der Waals surface area contributed by atoms with E-state index >= 15 is 0 Å². The molecule has 22 heavy (non-hydrogen) atoms. The molecule has 2 amide bonds. The lowest BCUT2D eigenvalue weighted by molar-refractivity contribution is -0.136. The fourth-order valence-electron chi connectivity index (χ4n) is 3.24. The van der Waals surface area contributed by atoms with Crippen molar-refractivity contribution in [3.05, 3.63) is 0 Å². The first kappa shape index (κ1) is 17.1. The van der Waals surface area contributed by atoms with Crippen LogP contribution >= 0.6 is 0 Å². The van der Waals surface area contributed by atoms with Crippen LogP contribution in [0, 0.1) is 0 Å². The Morgan fingerprint density at radius 1 is 0.909 bits per heavy atom. The highest BCUT2D eigenvalue weighted by atomic mass is 16.6. The van der Waals surface area contributed by atoms with E-state index in [1.165, 1.54) is 19.3 Å². The van der Waals surface area contributed by atoms with Gasteiger partial charge in [0.05, 0.1) is 0 Å². The Morgan fingerprint density at radius 2 is 1.50 bits per heavy atom. The van der Waals surface area contributed by atoms with Crippen LogP contribution in [0.2, 0.25) is 0 Å². The maximum atomic E-state index is 12.8. The van der Waals surface area contributed by atoms with E-state index in [0.29, 0.717) is 6.54 Å². The van der Waals surface area contributed by atoms with Gasteiger partial charge in [-0.1, -0.05) is 19.3 Å². The number of rotatable bonds is 1. The minimum absolute atomic E-state index is 0.116. The highest BCUT2D eigenvalue weighted by Gasteiger charge is 2.38. The SMILES string of the molecule is CC(C)(C)OC(=O)N1CCC[C@@H]1C(=O)N1CCCCCCC1. The number of likely N-dealkylation sites (tertiary alicyclic amines) is 2. The summed E-state index contributed by atoms with van der Waals surface area (Å²) in [7, 11) is 0. The van der Waals surface area contributed by atoms with Gasteiger partial charge < -0.3 is 9.64 Å². The molecular weight excluding hydrogens is 280 g/mol. The standard InChI is InChI=1S/C17H30N2O3/c1-17(2,3)22-16(21)19-13-9-10-14(19)15(20)18-11-7-5-4-6-8-12-18/h14H,4-13H2,1-3H3/t14-/m1/s1. The number of carbonyl (C=O) groups is 2. The van der Waals surface area contributed by atoms with Gasteiger partial charge in [0.2, 0.25) is 5.91 Å². The number of hydrogen-bond donors (Lipinski definition) is 0. The topological polar surface area (TPSA) is 49.9 Å². The molecule has 0 aliphatic carbocycles. The van der Waals surface area contributed by atoms with E-state index in [9.17, 15) is 9.59 Å². The fraction of sp³-hybridized carbons (Fsp3) is 0.882. The van der Waals surface area contributed by atoms with E-state index in [0.717, 1.165) is 38.8 Å². The molecule has 0 aromatic carbocycles. The van der Waals surface area contributed by atoms with Crippen LogP contribution in [-0.4, -0.2) is 53.1 Å². The van der Waals surface area contributed by atoms with Gasteiger partial charge in [0.15, 0.2) is 0 Å². The number of hydrogen-bond acceptors (Lipinski definition) is 3. The Kier molecular flexibility index (Phi) is 5.70. The van der Waals surface area contributed by atoms with Crippen molar-refractivity contribution in [2.75, 3.05) is 19.6 Å². The van der Waals surface area contributed by atoms with Crippen molar-refractivity contribution in [3.8, 4) is 0 Å². The fourth-order valence-corrected chi connectivity index (χ4v) is 3.24. The number of nitrogens with zero attached hydrogens (tertiary/aromatic N) is 2. The largest absolute Gasteiger partial charge is 0.444 e. The van der Waals surface area contributed by atoms with Crippen LogP contribution in [0.25, 0.3) is 0 Å². The molecule has 0 bridgehead atoms. The summed E-state index contributed by atoms with van der Waals surface area (Å²) in [5.41, 5.74) is -0.520. The van der Waals surface area contributed by atoms with Gasteiger partial charge in [0.1, 0.15) is 11.6 Å². The second-order valence-electron chi connectivity index (χ2n) is 7.42. The van der Waals surface area contributed by atoms with Crippen LogP contribution in [0.1, 0.15) is 65.7 Å². The Balaban J connectivity index is 1.99. The van der Waals surface area contributed by atoms with Crippen LogP contribution in [0.5, 0.6) is 0 Å². The molecule has 0 aromatic rings. The molecular formula is C17H30N2O3. The number of carbonyl (C=O) groups excluding carboxylic acids is 2. The molecule has 0 radical (unpaired) electrons. The van der Waals surface area contributed by atoms with Gasteiger partial charge in [-0.15, -0.1) is 0 Å². The molecule has 2 heterocycles. The van der Waals surface area contributed by atoms with E-state index in [1.807, 2.05) is 25.7 Å². The van der Waals surface area contributed by atoms with Crippen LogP contribution in [-0.2, 0) is 9.53 Å². The quantitative estimate of drug-likeness (QED) is 0.747. The minimum Gasteiger partial charge on any atom is -0.444 e. The van der Waals surface area contributed by atoms with Crippen molar-refractivity contribution < 1.29 is 14.3 Å². The maximum Gasteiger partial charge on any atom is 0.410 e. The van der Waals surface area contributed by atoms with Crippen LogP contribution in [0.15, 0.2) is 0 Å². The molecule has 2 rings (SSSR count). The third kappa shape index (κ3) is 4.62. The maximum absolute atomic E-state index is 12.8. The number of amides is 2. The van der Waals surface area contributed by atoms with Crippen molar-refractivity contribution >= 4 is 12.0 Å². The van der Waals surface area contributed by atoms with Gasteiger partial charge in [-0.2, -0.15) is 0 Å². The molecule has 0 aromatic heterocycles. The average Bonchev–Trinajstić information content (AvgIpc) is 2.84. The summed E-state index contributed by atoms with van der Waals surface area (Å²) in [6.07, 6.45) is 7.10. The molecule has 1 atom stereocenters. The smallest absolute Gasteiger partial charge is 0.410 e. The summed E-state index contributed by atoms with van der Waals surface area (Å²) in [6, 6.07) is -0.325. The molecule has 126 valence electrons. The van der Waals surface area contributed by atoms with E-state index in [4.69, 9.17) is 4.74 Å². The Labute approximate surface area is 134 Å². The van der Waals surface area contributed by atoms with Gasteiger partial charge in [-0.05, 0) is 46.5 Å². The zero-order valence-electron chi connectivity index (χ0n) is 14.3. The van der Waals surface area contributed by atoms with Gasteiger partial charge in [-0.3, -0.25) is 9.69 Å². The van der Waals surface area contributed by atoms with Crippen LogP contribution in [0.4, 0.5) is 4.79 Å². The van der Waals surface area contributed by atoms with E-state index < -0.39 is 5.60 Å². The molecule has 5 nitrogen and oxygen atoms in total. The van der Waals surface area contributed by atoms with Gasteiger partial charge in [0, 0.05) is 19.6 Å². The molecule has 2 saturated heterocycles. The molecule has 0 N–H and O–H groups in total. The summed E-state index contributed by atoms with van der Waals surface area (Å²) in [5.74, 6) is 0.116. The second-order valence-corrected chi connectivity index (χ2v) is 7.42. The monoisotopic (exact) mass is 310 g/mol. The Hall–Kier alpha value is -1.26. The van der Waals surface area contributed by atoms with Crippen molar-refractivity contribution in [2.24, 2.45) is 0 Å². The molecule has 5 heteroatoms. The highest BCUT2D eigenvalue weighted by Crippen LogP contribution is 2.23. The second kappa shape index (κ2) is 7.34. The zero-order chi connectivity index (χ0) is 16.2. The lowest BCUT2D eigenvalue weighted by Crippen LogP contribution is -2.49. The van der Waals surface area contributed by atoms with Crippen molar-refractivity contribution in [1.82, 2.24) is 9.80 Å². The summed E-state index contributed by atoms with van der Waals surface area (Å²) in [5, 5.41) is 0. The lowest BCUT2D eigenvalue weighted by Gasteiger charge is -2.32. The molecule has 0 unspecified atom stereocenters. The summed E-state index contributed by atoms with van der Waals surface area (Å²) >= 11 is 0. The van der Waals surface area contributed by atoms with E-state index in [2.05, 4.69) is 0 Å². The number of ether oxygens (including phenoxy) is 1. The predicted octanol–water partition coefficient (Wildman–Crippen LogP) is 3.18. The summed E-state index contributed by atoms with van der Waals surface area (Å²) in [6.45, 7) is 7.86. The third-order valence-electron chi connectivity index (χ3n) is 4.33. The minimum atomic E-state index is -0.520. The normalized spacial score (nSPS) is 23.9. The molecule has 0 saturated carbocycles.